The number of likely N-dealkylation sites (tertiary alicyclic amines) is 1. The number of amides is 1. The summed E-state index contributed by atoms with van der Waals surface area (Å²) in [6.45, 7) is 0.727. The van der Waals surface area contributed by atoms with Crippen molar-refractivity contribution in [3.05, 3.63) is 56.4 Å². The quantitative estimate of drug-likeness (QED) is 0.770. The van der Waals surface area contributed by atoms with Gasteiger partial charge in [-0.05, 0) is 52.4 Å². The van der Waals surface area contributed by atoms with Gasteiger partial charge in [0.2, 0.25) is 0 Å². The normalized spacial score (nSPS) is 18.5. The molecule has 1 aliphatic rings. The van der Waals surface area contributed by atoms with Gasteiger partial charge >= 0.3 is 0 Å². The number of nitrogens with zero attached hydrogens (tertiary/aromatic N) is 1. The lowest BCUT2D eigenvalue weighted by Crippen LogP contribution is -2.30. The molecule has 1 fully saturated rings. The number of hydrogen-bond acceptors (Lipinski definition) is 2. The summed E-state index contributed by atoms with van der Waals surface area (Å²) in [4.78, 5) is 15.7. The zero-order valence-corrected chi connectivity index (χ0v) is 13.1. The van der Waals surface area contributed by atoms with Crippen LogP contribution in [0.3, 0.4) is 0 Å². The van der Waals surface area contributed by atoms with E-state index in [4.69, 9.17) is 0 Å². The SMILES string of the molecule is O=C(c1cccc(F)c1Br)N1CCCC1c1cccs1. The highest BCUT2D eigenvalue weighted by Crippen LogP contribution is 2.36. The molecule has 3 rings (SSSR count). The number of thiophene rings is 1. The lowest BCUT2D eigenvalue weighted by Gasteiger charge is -2.24. The van der Waals surface area contributed by atoms with Gasteiger partial charge in [-0.2, -0.15) is 0 Å². The van der Waals surface area contributed by atoms with E-state index in [9.17, 15) is 9.18 Å². The van der Waals surface area contributed by atoms with Crippen molar-refractivity contribution >= 4 is 33.2 Å². The van der Waals surface area contributed by atoms with E-state index in [1.165, 1.54) is 10.9 Å². The number of hydrogen-bond donors (Lipinski definition) is 0. The van der Waals surface area contributed by atoms with Crippen LogP contribution in [0.4, 0.5) is 4.39 Å². The average Bonchev–Trinajstić information content (AvgIpc) is 3.10. The van der Waals surface area contributed by atoms with Crippen LogP contribution in [0.25, 0.3) is 0 Å². The molecule has 1 saturated heterocycles. The van der Waals surface area contributed by atoms with E-state index in [-0.39, 0.29) is 16.4 Å². The molecule has 0 spiro atoms. The van der Waals surface area contributed by atoms with Gasteiger partial charge in [-0.25, -0.2) is 4.39 Å². The number of carbonyl (C=O) groups is 1. The third-order valence-corrected chi connectivity index (χ3v) is 5.35. The molecule has 1 amide bonds. The fraction of sp³-hybridized carbons (Fsp3) is 0.267. The smallest absolute Gasteiger partial charge is 0.255 e. The van der Waals surface area contributed by atoms with Gasteiger partial charge in [-0.15, -0.1) is 11.3 Å². The zero-order chi connectivity index (χ0) is 14.1. The van der Waals surface area contributed by atoms with E-state index in [2.05, 4.69) is 22.0 Å². The molecule has 1 aromatic heterocycles. The fourth-order valence-electron chi connectivity index (χ4n) is 2.61. The van der Waals surface area contributed by atoms with Crippen LogP contribution in [0, 0.1) is 5.82 Å². The van der Waals surface area contributed by atoms with Crippen molar-refractivity contribution in [2.75, 3.05) is 6.54 Å². The first kappa shape index (κ1) is 13.8. The Balaban J connectivity index is 1.92. The fourth-order valence-corrected chi connectivity index (χ4v) is 3.92. The first-order chi connectivity index (χ1) is 9.68. The van der Waals surface area contributed by atoms with Crippen molar-refractivity contribution < 1.29 is 9.18 Å². The van der Waals surface area contributed by atoms with Crippen LogP contribution < -0.4 is 0 Å². The Morgan fingerprint density at radius 1 is 1.35 bits per heavy atom. The van der Waals surface area contributed by atoms with E-state index in [1.807, 2.05) is 16.3 Å². The Kier molecular flexibility index (Phi) is 3.89. The molecule has 1 aromatic carbocycles. The second kappa shape index (κ2) is 5.66. The summed E-state index contributed by atoms with van der Waals surface area (Å²) in [5, 5.41) is 2.02. The van der Waals surface area contributed by atoms with Gasteiger partial charge < -0.3 is 4.90 Å². The molecule has 104 valence electrons. The minimum absolute atomic E-state index is 0.104. The van der Waals surface area contributed by atoms with Crippen molar-refractivity contribution in [1.82, 2.24) is 4.90 Å². The molecule has 2 nitrogen and oxygen atoms in total. The first-order valence-corrected chi connectivity index (χ1v) is 8.14. The Bertz CT molecular complexity index is 629. The molecule has 0 radical (unpaired) electrons. The molecule has 0 N–H and O–H groups in total. The minimum Gasteiger partial charge on any atom is -0.331 e. The summed E-state index contributed by atoms with van der Waals surface area (Å²) in [6, 6.07) is 8.77. The number of carbonyl (C=O) groups excluding carboxylic acids is 1. The monoisotopic (exact) mass is 353 g/mol. The van der Waals surface area contributed by atoms with Crippen molar-refractivity contribution in [1.29, 1.82) is 0 Å². The molecule has 2 aromatic rings. The van der Waals surface area contributed by atoms with Crippen LogP contribution in [0.1, 0.15) is 34.1 Å². The summed E-state index contributed by atoms with van der Waals surface area (Å²) in [6.07, 6.45) is 1.96. The molecule has 5 heteroatoms. The standard InChI is InChI=1S/C15H13BrFNOS/c16-14-10(4-1-5-11(14)17)15(19)18-8-2-6-12(18)13-7-3-9-20-13/h1,3-5,7,9,12H,2,6,8H2. The Morgan fingerprint density at radius 3 is 2.95 bits per heavy atom. The third kappa shape index (κ3) is 2.40. The molecule has 1 atom stereocenters. The van der Waals surface area contributed by atoms with Gasteiger partial charge in [0.05, 0.1) is 16.1 Å². The number of halogens is 2. The van der Waals surface area contributed by atoms with Gasteiger partial charge in [0.15, 0.2) is 0 Å². The molecule has 1 unspecified atom stereocenters. The average molecular weight is 354 g/mol. The Hall–Kier alpha value is -1.20. The maximum absolute atomic E-state index is 13.6. The highest BCUT2D eigenvalue weighted by Gasteiger charge is 2.32. The topological polar surface area (TPSA) is 20.3 Å². The minimum atomic E-state index is -0.400. The van der Waals surface area contributed by atoms with Crippen LogP contribution in [0.15, 0.2) is 40.2 Å². The van der Waals surface area contributed by atoms with Gasteiger partial charge in [0.1, 0.15) is 5.82 Å². The van der Waals surface area contributed by atoms with Crippen molar-refractivity contribution in [2.24, 2.45) is 0 Å². The van der Waals surface area contributed by atoms with E-state index in [0.717, 1.165) is 19.4 Å². The zero-order valence-electron chi connectivity index (χ0n) is 10.7. The summed E-state index contributed by atoms with van der Waals surface area (Å²) in [7, 11) is 0. The summed E-state index contributed by atoms with van der Waals surface area (Å²) in [5.74, 6) is -0.505. The summed E-state index contributed by atoms with van der Waals surface area (Å²) >= 11 is 4.84. The van der Waals surface area contributed by atoms with E-state index in [0.29, 0.717) is 5.56 Å². The van der Waals surface area contributed by atoms with E-state index < -0.39 is 5.82 Å². The van der Waals surface area contributed by atoms with Gasteiger partial charge in [-0.3, -0.25) is 4.79 Å². The van der Waals surface area contributed by atoms with Crippen LogP contribution in [0.5, 0.6) is 0 Å². The maximum atomic E-state index is 13.6. The molecular weight excluding hydrogens is 341 g/mol. The van der Waals surface area contributed by atoms with Crippen LogP contribution in [-0.2, 0) is 0 Å². The molecular formula is C15H13BrFNOS. The second-order valence-electron chi connectivity index (χ2n) is 4.77. The van der Waals surface area contributed by atoms with Gasteiger partial charge in [0.25, 0.3) is 5.91 Å². The van der Waals surface area contributed by atoms with E-state index in [1.54, 1.807) is 23.5 Å². The van der Waals surface area contributed by atoms with Crippen molar-refractivity contribution in [3.63, 3.8) is 0 Å². The third-order valence-electron chi connectivity index (χ3n) is 3.57. The molecule has 2 heterocycles. The van der Waals surface area contributed by atoms with E-state index >= 15 is 0 Å². The molecule has 0 saturated carbocycles. The number of rotatable bonds is 2. The maximum Gasteiger partial charge on any atom is 0.255 e. The summed E-state index contributed by atoms with van der Waals surface area (Å²) < 4.78 is 13.8. The Labute approximate surface area is 129 Å². The lowest BCUT2D eigenvalue weighted by atomic mass is 10.1. The predicted molar refractivity (Wildman–Crippen MR) is 81.4 cm³/mol. The highest BCUT2D eigenvalue weighted by molar-refractivity contribution is 9.10. The second-order valence-corrected chi connectivity index (χ2v) is 6.55. The summed E-state index contributed by atoms with van der Waals surface area (Å²) in [5.41, 5.74) is 0.397. The van der Waals surface area contributed by atoms with Gasteiger partial charge in [-0.1, -0.05) is 12.1 Å². The van der Waals surface area contributed by atoms with Crippen molar-refractivity contribution in [2.45, 2.75) is 18.9 Å². The Morgan fingerprint density at radius 2 is 2.20 bits per heavy atom. The van der Waals surface area contributed by atoms with Crippen LogP contribution in [0.2, 0.25) is 0 Å². The van der Waals surface area contributed by atoms with Crippen LogP contribution >= 0.6 is 27.3 Å². The highest BCUT2D eigenvalue weighted by atomic mass is 79.9. The first-order valence-electron chi connectivity index (χ1n) is 6.47. The predicted octanol–water partition coefficient (Wildman–Crippen LogP) is 4.63. The largest absolute Gasteiger partial charge is 0.331 e. The molecule has 0 aliphatic carbocycles. The van der Waals surface area contributed by atoms with Gasteiger partial charge in [0, 0.05) is 11.4 Å². The molecule has 20 heavy (non-hydrogen) atoms. The van der Waals surface area contributed by atoms with Crippen molar-refractivity contribution in [3.8, 4) is 0 Å². The molecule has 0 bridgehead atoms. The lowest BCUT2D eigenvalue weighted by molar-refractivity contribution is 0.0736. The number of benzene rings is 1. The molecule has 1 aliphatic heterocycles. The van der Waals surface area contributed by atoms with Crippen LogP contribution in [-0.4, -0.2) is 17.4 Å².